The molecular formula is C14H21N3S. The van der Waals surface area contributed by atoms with E-state index in [1.54, 1.807) is 11.3 Å². The van der Waals surface area contributed by atoms with Gasteiger partial charge in [-0.15, -0.1) is 0 Å². The predicted octanol–water partition coefficient (Wildman–Crippen LogP) is 3.96. The van der Waals surface area contributed by atoms with Crippen LogP contribution >= 0.6 is 11.3 Å². The van der Waals surface area contributed by atoms with Gasteiger partial charge in [0.2, 0.25) is 0 Å². The van der Waals surface area contributed by atoms with Crippen LogP contribution in [-0.2, 0) is 0 Å². The van der Waals surface area contributed by atoms with E-state index >= 15 is 0 Å². The molecule has 2 aromatic rings. The number of fused-ring (bicyclic) bond motifs is 1. The predicted molar refractivity (Wildman–Crippen MR) is 82.0 cm³/mol. The summed E-state index contributed by atoms with van der Waals surface area (Å²) >= 11 is 1.74. The molecule has 0 atom stereocenters. The largest absolute Gasteiger partial charge is 0.372 e. The van der Waals surface area contributed by atoms with Gasteiger partial charge < -0.3 is 10.2 Å². The van der Waals surface area contributed by atoms with E-state index in [1.807, 2.05) is 0 Å². The molecule has 1 heterocycles. The summed E-state index contributed by atoms with van der Waals surface area (Å²) in [6, 6.07) is 6.53. The van der Waals surface area contributed by atoms with Gasteiger partial charge in [-0.1, -0.05) is 18.3 Å². The Hall–Kier alpha value is -1.29. The molecule has 0 radical (unpaired) electrons. The number of thiazole rings is 1. The highest BCUT2D eigenvalue weighted by Crippen LogP contribution is 2.29. The zero-order chi connectivity index (χ0) is 13.0. The fraction of sp³-hybridized carbons (Fsp3) is 0.500. The van der Waals surface area contributed by atoms with Crippen molar-refractivity contribution in [2.75, 3.05) is 29.9 Å². The molecule has 0 aliphatic carbocycles. The van der Waals surface area contributed by atoms with Crippen molar-refractivity contribution in [3.8, 4) is 0 Å². The van der Waals surface area contributed by atoms with Crippen LogP contribution in [0.1, 0.15) is 27.2 Å². The highest BCUT2D eigenvalue weighted by molar-refractivity contribution is 7.22. The Labute approximate surface area is 113 Å². The highest BCUT2D eigenvalue weighted by atomic mass is 32.1. The summed E-state index contributed by atoms with van der Waals surface area (Å²) in [5, 5.41) is 4.39. The summed E-state index contributed by atoms with van der Waals surface area (Å²) in [7, 11) is 0. The molecule has 0 amide bonds. The molecule has 0 spiro atoms. The first-order valence-corrected chi connectivity index (χ1v) is 7.49. The Morgan fingerprint density at radius 1 is 1.22 bits per heavy atom. The molecule has 1 aromatic carbocycles. The molecule has 0 aliphatic rings. The van der Waals surface area contributed by atoms with Crippen molar-refractivity contribution in [3.63, 3.8) is 0 Å². The molecule has 0 saturated heterocycles. The van der Waals surface area contributed by atoms with Gasteiger partial charge >= 0.3 is 0 Å². The van der Waals surface area contributed by atoms with E-state index in [1.165, 1.54) is 10.4 Å². The minimum absolute atomic E-state index is 0.989. The van der Waals surface area contributed by atoms with Gasteiger partial charge in [-0.05, 0) is 38.5 Å². The summed E-state index contributed by atoms with van der Waals surface area (Å²) in [4.78, 5) is 6.95. The second kappa shape index (κ2) is 6.05. The molecule has 0 saturated carbocycles. The molecule has 98 valence electrons. The number of hydrogen-bond donors (Lipinski definition) is 1. The van der Waals surface area contributed by atoms with Crippen LogP contribution in [0.2, 0.25) is 0 Å². The van der Waals surface area contributed by atoms with Crippen LogP contribution in [0.15, 0.2) is 18.2 Å². The lowest BCUT2D eigenvalue weighted by molar-refractivity contribution is 0.867. The van der Waals surface area contributed by atoms with Crippen molar-refractivity contribution in [3.05, 3.63) is 18.2 Å². The van der Waals surface area contributed by atoms with Crippen molar-refractivity contribution >= 4 is 32.4 Å². The fourth-order valence-electron chi connectivity index (χ4n) is 2.01. The lowest BCUT2D eigenvalue weighted by Gasteiger charge is -2.20. The van der Waals surface area contributed by atoms with Crippen molar-refractivity contribution in [1.82, 2.24) is 4.98 Å². The van der Waals surface area contributed by atoms with Gasteiger partial charge in [0, 0.05) is 25.3 Å². The van der Waals surface area contributed by atoms with Crippen LogP contribution in [0.5, 0.6) is 0 Å². The Bertz CT molecular complexity index is 503. The molecular weight excluding hydrogens is 242 g/mol. The van der Waals surface area contributed by atoms with E-state index in [0.717, 1.165) is 36.7 Å². The minimum atomic E-state index is 0.989. The van der Waals surface area contributed by atoms with Gasteiger partial charge in [-0.25, -0.2) is 4.98 Å². The normalized spacial score (nSPS) is 10.8. The third-order valence-electron chi connectivity index (χ3n) is 3.03. The summed E-state index contributed by atoms with van der Waals surface area (Å²) in [5.74, 6) is 0. The minimum Gasteiger partial charge on any atom is -0.372 e. The summed E-state index contributed by atoms with van der Waals surface area (Å²) in [6.45, 7) is 9.62. The molecule has 0 aliphatic heterocycles. The van der Waals surface area contributed by atoms with Gasteiger partial charge in [-0.2, -0.15) is 0 Å². The van der Waals surface area contributed by atoms with Crippen LogP contribution in [0.25, 0.3) is 10.2 Å². The number of nitrogens with one attached hydrogen (secondary N) is 1. The third kappa shape index (κ3) is 2.75. The Kier molecular flexibility index (Phi) is 4.42. The summed E-state index contributed by atoms with van der Waals surface area (Å²) in [5.41, 5.74) is 2.38. The maximum absolute atomic E-state index is 4.59. The topological polar surface area (TPSA) is 28.2 Å². The van der Waals surface area contributed by atoms with Crippen LogP contribution in [0, 0.1) is 0 Å². The second-order valence-corrected chi connectivity index (χ2v) is 5.30. The smallest absolute Gasteiger partial charge is 0.183 e. The number of rotatable bonds is 6. The van der Waals surface area contributed by atoms with E-state index in [4.69, 9.17) is 0 Å². The van der Waals surface area contributed by atoms with Crippen molar-refractivity contribution in [2.24, 2.45) is 0 Å². The first kappa shape index (κ1) is 13.1. The molecule has 1 aromatic heterocycles. The van der Waals surface area contributed by atoms with Crippen LogP contribution in [0.3, 0.4) is 0 Å². The number of nitrogens with zero attached hydrogens (tertiary/aromatic N) is 2. The fourth-order valence-corrected chi connectivity index (χ4v) is 2.93. The van der Waals surface area contributed by atoms with E-state index in [9.17, 15) is 0 Å². The number of anilines is 2. The lowest BCUT2D eigenvalue weighted by atomic mass is 10.2. The molecule has 1 N–H and O–H groups in total. The molecule has 3 nitrogen and oxygen atoms in total. The van der Waals surface area contributed by atoms with Gasteiger partial charge in [0.25, 0.3) is 0 Å². The van der Waals surface area contributed by atoms with Crippen LogP contribution < -0.4 is 10.2 Å². The van der Waals surface area contributed by atoms with E-state index in [2.05, 4.69) is 54.2 Å². The monoisotopic (exact) mass is 263 g/mol. The van der Waals surface area contributed by atoms with E-state index in [0.29, 0.717) is 0 Å². The quantitative estimate of drug-likeness (QED) is 0.855. The first-order chi connectivity index (χ1) is 8.78. The molecule has 0 unspecified atom stereocenters. The van der Waals surface area contributed by atoms with E-state index < -0.39 is 0 Å². The van der Waals surface area contributed by atoms with Crippen molar-refractivity contribution < 1.29 is 0 Å². The van der Waals surface area contributed by atoms with E-state index in [-0.39, 0.29) is 0 Å². The average Bonchev–Trinajstić information content (AvgIpc) is 2.80. The number of benzene rings is 1. The van der Waals surface area contributed by atoms with Gasteiger partial charge in [0.15, 0.2) is 5.13 Å². The van der Waals surface area contributed by atoms with Crippen molar-refractivity contribution in [1.29, 1.82) is 0 Å². The number of aromatic nitrogens is 1. The number of hydrogen-bond acceptors (Lipinski definition) is 4. The summed E-state index contributed by atoms with van der Waals surface area (Å²) in [6.07, 6.45) is 1.13. The molecule has 2 rings (SSSR count). The molecule has 0 fully saturated rings. The second-order valence-electron chi connectivity index (χ2n) is 4.27. The van der Waals surface area contributed by atoms with Gasteiger partial charge in [0.1, 0.15) is 0 Å². The molecule has 4 heteroatoms. The first-order valence-electron chi connectivity index (χ1n) is 6.67. The average molecular weight is 263 g/mol. The Morgan fingerprint density at radius 2 is 2.00 bits per heavy atom. The van der Waals surface area contributed by atoms with Gasteiger partial charge in [0.05, 0.1) is 10.2 Å². The lowest BCUT2D eigenvalue weighted by Crippen LogP contribution is -2.21. The SMILES string of the molecule is CCCNc1nc2ccc(N(CC)CC)cc2s1. The molecule has 0 bridgehead atoms. The maximum atomic E-state index is 4.59. The Morgan fingerprint density at radius 3 is 2.67 bits per heavy atom. The maximum Gasteiger partial charge on any atom is 0.183 e. The van der Waals surface area contributed by atoms with Crippen LogP contribution in [0.4, 0.5) is 10.8 Å². The standard InChI is InChI=1S/C14H21N3S/c1-4-9-15-14-16-12-8-7-11(10-13(12)18-14)17(5-2)6-3/h7-8,10H,4-6,9H2,1-3H3,(H,15,16). The van der Waals surface area contributed by atoms with Crippen molar-refractivity contribution in [2.45, 2.75) is 27.2 Å². The Balaban J connectivity index is 2.27. The van der Waals surface area contributed by atoms with Gasteiger partial charge in [-0.3, -0.25) is 0 Å². The van der Waals surface area contributed by atoms with Crippen LogP contribution in [-0.4, -0.2) is 24.6 Å². The zero-order valence-corrected chi connectivity index (χ0v) is 12.2. The highest BCUT2D eigenvalue weighted by Gasteiger charge is 2.07. The summed E-state index contributed by atoms with van der Waals surface area (Å²) < 4.78 is 1.26. The molecule has 18 heavy (non-hydrogen) atoms. The zero-order valence-electron chi connectivity index (χ0n) is 11.4. The third-order valence-corrected chi connectivity index (χ3v) is 4.00.